The van der Waals surface area contributed by atoms with Crippen LogP contribution in [0.3, 0.4) is 0 Å². The van der Waals surface area contributed by atoms with E-state index < -0.39 is 0 Å². The van der Waals surface area contributed by atoms with E-state index in [9.17, 15) is 0 Å². The van der Waals surface area contributed by atoms with Gasteiger partial charge in [-0.15, -0.1) is 21.5 Å². The van der Waals surface area contributed by atoms with Crippen LogP contribution in [-0.2, 0) is 6.54 Å². The predicted molar refractivity (Wildman–Crippen MR) is 112 cm³/mol. The van der Waals surface area contributed by atoms with Gasteiger partial charge in [-0.1, -0.05) is 0 Å². The van der Waals surface area contributed by atoms with Gasteiger partial charge >= 0.3 is 0 Å². The maximum absolute atomic E-state index is 6.23. The number of hydrogen-bond donors (Lipinski definition) is 1. The number of fused-ring (bicyclic) bond motifs is 1. The first kappa shape index (κ1) is 19.5. The van der Waals surface area contributed by atoms with Gasteiger partial charge in [0.2, 0.25) is 18.2 Å². The average molecular weight is 411 g/mol. The van der Waals surface area contributed by atoms with Crippen molar-refractivity contribution in [2.75, 3.05) is 13.1 Å². The monoisotopic (exact) mass is 410 g/mol. The van der Waals surface area contributed by atoms with Crippen molar-refractivity contribution in [2.45, 2.75) is 34.2 Å². The Bertz CT molecular complexity index is 1100. The molecule has 0 radical (unpaired) electrons. The van der Waals surface area contributed by atoms with E-state index in [1.165, 1.54) is 21.7 Å². The highest BCUT2D eigenvalue weighted by Crippen LogP contribution is 2.36. The number of rotatable bonds is 7. The van der Waals surface area contributed by atoms with E-state index >= 15 is 0 Å². The molecule has 0 amide bonds. The fourth-order valence-corrected chi connectivity index (χ4v) is 4.25. The summed E-state index contributed by atoms with van der Waals surface area (Å²) >= 11 is 1.69. The summed E-state index contributed by atoms with van der Waals surface area (Å²) in [7, 11) is 0. The first-order valence-electron chi connectivity index (χ1n) is 9.73. The van der Waals surface area contributed by atoms with Gasteiger partial charge in [-0.05, 0) is 57.5 Å². The highest BCUT2D eigenvalue weighted by Gasteiger charge is 2.18. The third-order valence-electron chi connectivity index (χ3n) is 5.13. The van der Waals surface area contributed by atoms with Crippen molar-refractivity contribution in [3.8, 4) is 23.1 Å². The van der Waals surface area contributed by atoms with Crippen molar-refractivity contribution in [1.29, 1.82) is 0 Å². The first-order chi connectivity index (χ1) is 14.1. The molecule has 0 aliphatic rings. The highest BCUT2D eigenvalue weighted by molar-refractivity contribution is 7.18. The molecule has 0 saturated heterocycles. The quantitative estimate of drug-likeness (QED) is 0.502. The molecule has 8 heteroatoms. The van der Waals surface area contributed by atoms with Crippen LogP contribution < -0.4 is 9.64 Å². The van der Waals surface area contributed by atoms with Gasteiger partial charge in [0.1, 0.15) is 17.1 Å². The van der Waals surface area contributed by atoms with E-state index in [1.54, 1.807) is 11.3 Å². The molecule has 0 aliphatic heterocycles. The summed E-state index contributed by atoms with van der Waals surface area (Å²) in [5, 5.41) is 8.64. The molecule has 3 aromatic heterocycles. The van der Waals surface area contributed by atoms with Crippen molar-refractivity contribution in [1.82, 2.24) is 20.2 Å². The van der Waals surface area contributed by atoms with E-state index in [0.29, 0.717) is 17.5 Å². The minimum Gasteiger partial charge on any atom is -0.438 e. The summed E-state index contributed by atoms with van der Waals surface area (Å²) in [6, 6.07) is 7.57. The number of thiophene rings is 1. The lowest BCUT2D eigenvalue weighted by Gasteiger charge is -2.15. The van der Waals surface area contributed by atoms with Gasteiger partial charge in [0.25, 0.3) is 0 Å². The minimum absolute atomic E-state index is 0.481. The molecule has 0 unspecified atom stereocenters. The molecule has 0 saturated carbocycles. The molecule has 0 aliphatic carbocycles. The van der Waals surface area contributed by atoms with Crippen LogP contribution in [0.5, 0.6) is 11.6 Å². The van der Waals surface area contributed by atoms with E-state index in [1.807, 2.05) is 24.3 Å². The van der Waals surface area contributed by atoms with Crippen molar-refractivity contribution >= 4 is 21.6 Å². The molecular formula is C21H24N5O2S+. The Morgan fingerprint density at radius 3 is 2.48 bits per heavy atom. The molecule has 0 fully saturated rings. The number of hydrogen-bond acceptors (Lipinski definition) is 7. The minimum atomic E-state index is 0.481. The topological polar surface area (TPSA) is 78.4 Å². The van der Waals surface area contributed by atoms with Crippen molar-refractivity contribution < 1.29 is 14.1 Å². The summed E-state index contributed by atoms with van der Waals surface area (Å²) < 4.78 is 11.5. The van der Waals surface area contributed by atoms with Crippen LogP contribution in [0.4, 0.5) is 0 Å². The normalized spacial score (nSPS) is 11.5. The second kappa shape index (κ2) is 8.26. The lowest BCUT2D eigenvalue weighted by molar-refractivity contribution is -0.910. The molecule has 0 bridgehead atoms. The Labute approximate surface area is 173 Å². The van der Waals surface area contributed by atoms with Gasteiger partial charge < -0.3 is 14.1 Å². The maximum Gasteiger partial charge on any atom is 0.247 e. The SMILES string of the molecule is CC[NH+](CC)Cc1nc(Oc2ccc(-c3nnco3)cc2)c2c(C)c(C)sc2n1. The third kappa shape index (κ3) is 3.99. The van der Waals surface area contributed by atoms with E-state index in [4.69, 9.17) is 19.1 Å². The second-order valence-electron chi connectivity index (χ2n) is 6.91. The molecule has 150 valence electrons. The number of ether oxygens (including phenoxy) is 1. The van der Waals surface area contributed by atoms with Crippen molar-refractivity contribution in [2.24, 2.45) is 0 Å². The Morgan fingerprint density at radius 1 is 1.07 bits per heavy atom. The van der Waals surface area contributed by atoms with Gasteiger partial charge in [0.15, 0.2) is 5.82 Å². The summed E-state index contributed by atoms with van der Waals surface area (Å²) in [5.74, 6) is 2.62. The zero-order chi connectivity index (χ0) is 20.4. The van der Waals surface area contributed by atoms with Crippen LogP contribution in [0.25, 0.3) is 21.7 Å². The number of quaternary nitrogens is 1. The summed E-state index contributed by atoms with van der Waals surface area (Å²) in [6.07, 6.45) is 1.32. The number of aromatic nitrogens is 4. The molecule has 1 N–H and O–H groups in total. The number of aryl methyl sites for hydroxylation is 2. The largest absolute Gasteiger partial charge is 0.438 e. The lowest BCUT2D eigenvalue weighted by Crippen LogP contribution is -3.10. The Balaban J connectivity index is 1.69. The van der Waals surface area contributed by atoms with Gasteiger partial charge in [0.05, 0.1) is 18.5 Å². The first-order valence-corrected chi connectivity index (χ1v) is 10.5. The predicted octanol–water partition coefficient (Wildman–Crippen LogP) is 3.58. The molecule has 4 aromatic rings. The van der Waals surface area contributed by atoms with Crippen molar-refractivity contribution in [3.05, 3.63) is 46.9 Å². The fourth-order valence-electron chi connectivity index (χ4n) is 3.21. The van der Waals surface area contributed by atoms with E-state index in [0.717, 1.165) is 41.2 Å². The standard InChI is InChI=1S/C21H23N5O2S/c1-5-26(6-2)11-17-23-20(18-13(3)14(4)29-21(18)24-17)28-16-9-7-15(8-10-16)19-25-22-12-27-19/h7-10,12H,5-6,11H2,1-4H3/p+1. The van der Waals surface area contributed by atoms with Crippen LogP contribution in [-0.4, -0.2) is 33.3 Å². The van der Waals surface area contributed by atoms with Crippen LogP contribution >= 0.6 is 11.3 Å². The molecule has 7 nitrogen and oxygen atoms in total. The fraction of sp³-hybridized carbons (Fsp3) is 0.333. The Hall–Kier alpha value is -2.84. The van der Waals surface area contributed by atoms with Crippen LogP contribution in [0.2, 0.25) is 0 Å². The molecule has 0 spiro atoms. The van der Waals surface area contributed by atoms with Crippen molar-refractivity contribution in [3.63, 3.8) is 0 Å². The third-order valence-corrected chi connectivity index (χ3v) is 6.23. The van der Waals surface area contributed by atoms with Crippen LogP contribution in [0, 0.1) is 13.8 Å². The number of nitrogens with one attached hydrogen (secondary N) is 1. The molecular weight excluding hydrogens is 386 g/mol. The van der Waals surface area contributed by atoms with Crippen LogP contribution in [0.1, 0.15) is 30.1 Å². The smallest absolute Gasteiger partial charge is 0.247 e. The number of nitrogens with zero attached hydrogens (tertiary/aromatic N) is 4. The van der Waals surface area contributed by atoms with Crippen LogP contribution in [0.15, 0.2) is 35.1 Å². The zero-order valence-electron chi connectivity index (χ0n) is 17.0. The lowest BCUT2D eigenvalue weighted by atomic mass is 10.2. The molecule has 0 atom stereocenters. The van der Waals surface area contributed by atoms with E-state index in [2.05, 4.69) is 37.9 Å². The van der Waals surface area contributed by atoms with Gasteiger partial charge in [-0.25, -0.2) is 4.98 Å². The number of benzene rings is 1. The Morgan fingerprint density at radius 2 is 1.83 bits per heavy atom. The van der Waals surface area contributed by atoms with Gasteiger partial charge in [-0.2, -0.15) is 4.98 Å². The van der Waals surface area contributed by atoms with E-state index in [-0.39, 0.29) is 0 Å². The highest BCUT2D eigenvalue weighted by atomic mass is 32.1. The average Bonchev–Trinajstić information content (AvgIpc) is 3.35. The summed E-state index contributed by atoms with van der Waals surface area (Å²) in [5.41, 5.74) is 2.01. The van der Waals surface area contributed by atoms with Gasteiger partial charge in [-0.3, -0.25) is 0 Å². The molecule has 29 heavy (non-hydrogen) atoms. The van der Waals surface area contributed by atoms with Gasteiger partial charge in [0, 0.05) is 10.4 Å². The zero-order valence-corrected chi connectivity index (χ0v) is 17.8. The molecule has 1 aromatic carbocycles. The summed E-state index contributed by atoms with van der Waals surface area (Å²) in [6.45, 7) is 11.4. The summed E-state index contributed by atoms with van der Waals surface area (Å²) in [4.78, 5) is 13.3. The maximum atomic E-state index is 6.23. The second-order valence-corrected chi connectivity index (χ2v) is 8.12. The molecule has 4 rings (SSSR count). The Kier molecular flexibility index (Phi) is 5.55. The molecule has 3 heterocycles.